The Labute approximate surface area is 91.3 Å². The fourth-order valence-corrected chi connectivity index (χ4v) is 1.45. The lowest BCUT2D eigenvalue weighted by atomic mass is 10.00. The smallest absolute Gasteiger partial charge is 0.185 e. The van der Waals surface area contributed by atoms with Gasteiger partial charge in [0, 0.05) is 19.0 Å². The Morgan fingerprint density at radius 2 is 1.60 bits per heavy atom. The number of ketones is 1. The van der Waals surface area contributed by atoms with E-state index in [1.807, 2.05) is 38.0 Å². The standard InChI is InChI=1S/C10H21N3O2/c1-8(11-15)10(14)9(6-12(2)3)7-13(4)5/h9,15H,6-7H2,1-5H3/b11-8+. The van der Waals surface area contributed by atoms with Crippen molar-refractivity contribution in [2.45, 2.75) is 6.92 Å². The van der Waals surface area contributed by atoms with E-state index in [1.54, 1.807) is 0 Å². The Morgan fingerprint density at radius 3 is 1.87 bits per heavy atom. The molecular formula is C10H21N3O2. The van der Waals surface area contributed by atoms with Gasteiger partial charge in [-0.1, -0.05) is 5.16 Å². The largest absolute Gasteiger partial charge is 0.411 e. The van der Waals surface area contributed by atoms with Gasteiger partial charge in [0.2, 0.25) is 0 Å². The van der Waals surface area contributed by atoms with Crippen molar-refractivity contribution in [3.05, 3.63) is 0 Å². The van der Waals surface area contributed by atoms with Gasteiger partial charge in [-0.2, -0.15) is 0 Å². The molecule has 0 heterocycles. The molecule has 0 aromatic rings. The van der Waals surface area contributed by atoms with Gasteiger partial charge >= 0.3 is 0 Å². The molecule has 0 rings (SSSR count). The van der Waals surface area contributed by atoms with Crippen LogP contribution in [-0.4, -0.2) is 67.8 Å². The first kappa shape index (κ1) is 14.1. The Balaban J connectivity index is 4.55. The summed E-state index contributed by atoms with van der Waals surface area (Å²) >= 11 is 0. The van der Waals surface area contributed by atoms with E-state index in [-0.39, 0.29) is 17.4 Å². The number of carbonyl (C=O) groups is 1. The quantitative estimate of drug-likeness (QED) is 0.389. The van der Waals surface area contributed by atoms with E-state index in [2.05, 4.69) is 5.16 Å². The van der Waals surface area contributed by atoms with Crippen molar-refractivity contribution in [1.29, 1.82) is 0 Å². The monoisotopic (exact) mass is 215 g/mol. The van der Waals surface area contributed by atoms with Crippen LogP contribution in [0.15, 0.2) is 5.16 Å². The van der Waals surface area contributed by atoms with Gasteiger partial charge in [0.25, 0.3) is 0 Å². The SMILES string of the molecule is C/C(=N\O)C(=O)C(CN(C)C)CN(C)C. The molecule has 0 bridgehead atoms. The van der Waals surface area contributed by atoms with Crippen LogP contribution in [0.5, 0.6) is 0 Å². The maximum Gasteiger partial charge on any atom is 0.185 e. The van der Waals surface area contributed by atoms with Gasteiger partial charge in [0.15, 0.2) is 5.78 Å². The molecule has 0 saturated heterocycles. The third kappa shape index (κ3) is 5.49. The second kappa shape index (κ2) is 6.53. The highest BCUT2D eigenvalue weighted by molar-refractivity contribution is 6.39. The van der Waals surface area contributed by atoms with Gasteiger partial charge in [0.1, 0.15) is 5.71 Å². The number of hydrogen-bond donors (Lipinski definition) is 1. The first-order valence-corrected chi connectivity index (χ1v) is 4.90. The molecule has 0 radical (unpaired) electrons. The first-order valence-electron chi connectivity index (χ1n) is 4.90. The Hall–Kier alpha value is -0.940. The number of hydrogen-bond acceptors (Lipinski definition) is 5. The summed E-state index contributed by atoms with van der Waals surface area (Å²) in [5.74, 6) is -0.245. The van der Waals surface area contributed by atoms with Crippen molar-refractivity contribution in [2.75, 3.05) is 41.3 Å². The zero-order valence-electron chi connectivity index (χ0n) is 10.2. The zero-order valence-corrected chi connectivity index (χ0v) is 10.2. The van der Waals surface area contributed by atoms with Crippen molar-refractivity contribution in [2.24, 2.45) is 11.1 Å². The predicted octanol–water partition coefficient (Wildman–Crippen LogP) is 0.145. The number of rotatable bonds is 6. The van der Waals surface area contributed by atoms with Gasteiger partial charge in [0.05, 0.1) is 0 Å². The number of oxime groups is 1. The van der Waals surface area contributed by atoms with Gasteiger partial charge in [-0.15, -0.1) is 0 Å². The summed E-state index contributed by atoms with van der Waals surface area (Å²) in [5, 5.41) is 11.5. The highest BCUT2D eigenvalue weighted by Crippen LogP contribution is 2.03. The lowest BCUT2D eigenvalue weighted by Crippen LogP contribution is -2.38. The van der Waals surface area contributed by atoms with E-state index in [1.165, 1.54) is 6.92 Å². The summed E-state index contributed by atoms with van der Waals surface area (Å²) in [6.07, 6.45) is 0. The van der Waals surface area contributed by atoms with E-state index in [0.717, 1.165) is 0 Å². The molecule has 0 unspecified atom stereocenters. The molecule has 0 spiro atoms. The fourth-order valence-electron chi connectivity index (χ4n) is 1.45. The van der Waals surface area contributed by atoms with E-state index >= 15 is 0 Å². The lowest BCUT2D eigenvalue weighted by molar-refractivity contribution is -0.117. The molecule has 0 fully saturated rings. The molecule has 0 aromatic carbocycles. The van der Waals surface area contributed by atoms with Crippen LogP contribution in [0.1, 0.15) is 6.92 Å². The summed E-state index contributed by atoms with van der Waals surface area (Å²) in [6, 6.07) is 0. The molecule has 5 nitrogen and oxygen atoms in total. The highest BCUT2D eigenvalue weighted by Gasteiger charge is 2.22. The minimum Gasteiger partial charge on any atom is -0.411 e. The van der Waals surface area contributed by atoms with Gasteiger partial charge < -0.3 is 15.0 Å². The molecule has 1 N–H and O–H groups in total. The molecule has 0 amide bonds. The Bertz CT molecular complexity index is 227. The zero-order chi connectivity index (χ0) is 12.0. The molecule has 0 aliphatic rings. The molecule has 0 aromatic heterocycles. The van der Waals surface area contributed by atoms with Gasteiger partial charge in [-0.25, -0.2) is 0 Å². The fraction of sp³-hybridized carbons (Fsp3) is 0.800. The normalized spacial score (nSPS) is 12.9. The van der Waals surface area contributed by atoms with Crippen LogP contribution in [0.3, 0.4) is 0 Å². The molecule has 15 heavy (non-hydrogen) atoms. The van der Waals surface area contributed by atoms with Crippen LogP contribution < -0.4 is 0 Å². The van der Waals surface area contributed by atoms with Gasteiger partial charge in [-0.3, -0.25) is 4.79 Å². The second-order valence-corrected chi connectivity index (χ2v) is 4.27. The molecule has 0 saturated carbocycles. The highest BCUT2D eigenvalue weighted by atomic mass is 16.4. The maximum absolute atomic E-state index is 11.8. The second-order valence-electron chi connectivity index (χ2n) is 4.27. The van der Waals surface area contributed by atoms with E-state index < -0.39 is 0 Å². The molecule has 88 valence electrons. The summed E-state index contributed by atoms with van der Waals surface area (Å²) in [6.45, 7) is 2.84. The van der Waals surface area contributed by atoms with E-state index in [4.69, 9.17) is 5.21 Å². The lowest BCUT2D eigenvalue weighted by Gasteiger charge is -2.22. The van der Waals surface area contributed by atoms with Crippen molar-refractivity contribution < 1.29 is 10.0 Å². The topological polar surface area (TPSA) is 56.1 Å². The number of Topliss-reactive ketones (excluding diaryl/α,β-unsaturated/α-hetero) is 1. The van der Waals surface area contributed by atoms with Crippen LogP contribution >= 0.6 is 0 Å². The first-order chi connectivity index (χ1) is 6.88. The molecule has 5 heteroatoms. The molecule has 0 atom stereocenters. The minimum absolute atomic E-state index is 0.0973. The predicted molar refractivity (Wildman–Crippen MR) is 60.5 cm³/mol. The maximum atomic E-state index is 11.8. The van der Waals surface area contributed by atoms with Crippen LogP contribution in [0, 0.1) is 5.92 Å². The summed E-state index contributed by atoms with van der Waals surface area (Å²) < 4.78 is 0. The Morgan fingerprint density at radius 1 is 1.20 bits per heavy atom. The van der Waals surface area contributed by atoms with Crippen LogP contribution in [0.25, 0.3) is 0 Å². The summed E-state index contributed by atoms with van der Waals surface area (Å²) in [5.41, 5.74) is 0.170. The third-order valence-corrected chi connectivity index (χ3v) is 2.05. The summed E-state index contributed by atoms with van der Waals surface area (Å²) in [4.78, 5) is 15.7. The molecule has 0 aliphatic carbocycles. The van der Waals surface area contributed by atoms with Crippen molar-refractivity contribution in [3.63, 3.8) is 0 Å². The van der Waals surface area contributed by atoms with Crippen LogP contribution in [-0.2, 0) is 4.79 Å². The van der Waals surface area contributed by atoms with Crippen molar-refractivity contribution in [3.8, 4) is 0 Å². The van der Waals surface area contributed by atoms with Crippen LogP contribution in [0.4, 0.5) is 0 Å². The number of nitrogens with zero attached hydrogens (tertiary/aromatic N) is 3. The number of carbonyl (C=O) groups excluding carboxylic acids is 1. The van der Waals surface area contributed by atoms with Crippen molar-refractivity contribution >= 4 is 11.5 Å². The Kier molecular flexibility index (Phi) is 6.12. The van der Waals surface area contributed by atoms with Gasteiger partial charge in [-0.05, 0) is 35.1 Å². The molecular weight excluding hydrogens is 194 g/mol. The molecule has 0 aliphatic heterocycles. The summed E-state index contributed by atoms with van der Waals surface area (Å²) in [7, 11) is 7.67. The average Bonchev–Trinajstić information content (AvgIpc) is 2.13. The third-order valence-electron chi connectivity index (χ3n) is 2.05. The van der Waals surface area contributed by atoms with Crippen molar-refractivity contribution in [1.82, 2.24) is 9.80 Å². The van der Waals surface area contributed by atoms with E-state index in [9.17, 15) is 4.79 Å². The van der Waals surface area contributed by atoms with Crippen LogP contribution in [0.2, 0.25) is 0 Å². The minimum atomic E-state index is -0.147. The average molecular weight is 215 g/mol. The van der Waals surface area contributed by atoms with E-state index in [0.29, 0.717) is 13.1 Å².